The minimum Gasteiger partial charge on any atom is -0.377 e. The maximum absolute atomic E-state index is 13.0. The molecule has 2 atom stereocenters. The predicted octanol–water partition coefficient (Wildman–Crippen LogP) is 2.46. The summed E-state index contributed by atoms with van der Waals surface area (Å²) in [5.74, 6) is 0.786. The molecule has 1 aliphatic carbocycles. The molecule has 0 radical (unpaired) electrons. The van der Waals surface area contributed by atoms with Crippen molar-refractivity contribution in [1.82, 2.24) is 9.97 Å². The summed E-state index contributed by atoms with van der Waals surface area (Å²) in [5, 5.41) is 0.203. The fraction of sp³-hybridized carbons (Fsp3) is 0.733. The third kappa shape index (κ3) is 2.83. The minimum atomic E-state index is -2.37. The van der Waals surface area contributed by atoms with Crippen LogP contribution >= 0.6 is 11.6 Å². The molecule has 1 aromatic rings. The Hall–Kier alpha value is -0.920. The van der Waals surface area contributed by atoms with Gasteiger partial charge in [0.2, 0.25) is 5.28 Å². The average Bonchev–Trinajstić information content (AvgIpc) is 2.45. The summed E-state index contributed by atoms with van der Waals surface area (Å²) in [6.07, 6.45) is 4.40. The molecule has 0 amide bonds. The SMILES string of the molecule is CN=S(C)(=O)C1(c2cc(N3CCOC[C@H]3C)nc(Cl)n2)CCC1. The van der Waals surface area contributed by atoms with E-state index in [0.29, 0.717) is 13.2 Å². The van der Waals surface area contributed by atoms with E-state index in [1.165, 1.54) is 0 Å². The van der Waals surface area contributed by atoms with E-state index in [0.717, 1.165) is 37.3 Å². The number of nitrogens with zero attached hydrogens (tertiary/aromatic N) is 4. The maximum Gasteiger partial charge on any atom is 0.224 e. The molecule has 1 unspecified atom stereocenters. The van der Waals surface area contributed by atoms with Crippen molar-refractivity contribution in [3.8, 4) is 0 Å². The van der Waals surface area contributed by atoms with Gasteiger partial charge in [-0.15, -0.1) is 0 Å². The van der Waals surface area contributed by atoms with Crippen molar-refractivity contribution in [3.05, 3.63) is 17.0 Å². The van der Waals surface area contributed by atoms with Crippen LogP contribution in [0.4, 0.5) is 5.82 Å². The van der Waals surface area contributed by atoms with Gasteiger partial charge in [0.25, 0.3) is 0 Å². The van der Waals surface area contributed by atoms with Crippen LogP contribution in [0.1, 0.15) is 31.9 Å². The molecular weight excluding hydrogens is 336 g/mol. The summed E-state index contributed by atoms with van der Waals surface area (Å²) >= 11 is 6.19. The number of rotatable bonds is 3. The number of halogens is 1. The van der Waals surface area contributed by atoms with Crippen molar-refractivity contribution in [1.29, 1.82) is 0 Å². The lowest BCUT2D eigenvalue weighted by Crippen LogP contribution is -2.45. The second kappa shape index (κ2) is 6.18. The van der Waals surface area contributed by atoms with E-state index in [1.54, 1.807) is 13.3 Å². The standard InChI is InChI=1S/C15H23ClN4O2S/c1-11-10-22-8-7-20(11)13-9-12(18-14(16)19-13)15(5-4-6-15)23(3,21)17-2/h9,11H,4-8,10H2,1-3H3/t11-,23?/m1/s1. The van der Waals surface area contributed by atoms with E-state index in [9.17, 15) is 4.21 Å². The second-order valence-corrected chi connectivity index (χ2v) is 9.42. The van der Waals surface area contributed by atoms with E-state index in [4.69, 9.17) is 16.3 Å². The highest BCUT2D eigenvalue weighted by atomic mass is 35.5. The number of hydrogen-bond donors (Lipinski definition) is 0. The fourth-order valence-electron chi connectivity index (χ4n) is 3.36. The Morgan fingerprint density at radius 3 is 2.78 bits per heavy atom. The molecule has 1 aromatic heterocycles. The monoisotopic (exact) mass is 358 g/mol. The highest BCUT2D eigenvalue weighted by Crippen LogP contribution is 2.48. The largest absolute Gasteiger partial charge is 0.377 e. The summed E-state index contributed by atoms with van der Waals surface area (Å²) in [6.45, 7) is 4.19. The minimum absolute atomic E-state index is 0.203. The molecule has 0 spiro atoms. The zero-order chi connectivity index (χ0) is 16.7. The highest BCUT2D eigenvalue weighted by molar-refractivity contribution is 7.93. The molecule has 2 heterocycles. The first-order chi connectivity index (χ1) is 10.9. The molecule has 23 heavy (non-hydrogen) atoms. The summed E-state index contributed by atoms with van der Waals surface area (Å²) < 4.78 is 22.2. The van der Waals surface area contributed by atoms with Crippen LogP contribution in [0.5, 0.6) is 0 Å². The van der Waals surface area contributed by atoms with E-state index in [2.05, 4.69) is 26.2 Å². The van der Waals surface area contributed by atoms with Gasteiger partial charge in [-0.2, -0.15) is 0 Å². The van der Waals surface area contributed by atoms with Crippen molar-refractivity contribution in [2.45, 2.75) is 37.0 Å². The number of aromatic nitrogens is 2. The molecule has 0 aromatic carbocycles. The smallest absolute Gasteiger partial charge is 0.224 e. The topological polar surface area (TPSA) is 67.7 Å². The molecule has 0 bridgehead atoms. The predicted molar refractivity (Wildman–Crippen MR) is 92.6 cm³/mol. The molecule has 2 fully saturated rings. The fourth-order valence-corrected chi connectivity index (χ4v) is 5.42. The number of hydrogen-bond acceptors (Lipinski definition) is 6. The van der Waals surface area contributed by atoms with Gasteiger partial charge in [-0.05, 0) is 37.8 Å². The van der Waals surface area contributed by atoms with Crippen LogP contribution in [0, 0.1) is 0 Å². The van der Waals surface area contributed by atoms with Crippen LogP contribution in [0.25, 0.3) is 0 Å². The maximum atomic E-state index is 13.0. The zero-order valence-corrected chi connectivity index (χ0v) is 15.4. The first-order valence-electron chi connectivity index (χ1n) is 7.89. The highest BCUT2D eigenvalue weighted by Gasteiger charge is 2.48. The Balaban J connectivity index is 2.06. The molecule has 8 heteroatoms. The van der Waals surface area contributed by atoms with Gasteiger partial charge in [0.05, 0.1) is 39.4 Å². The summed E-state index contributed by atoms with van der Waals surface area (Å²) in [5.41, 5.74) is 0.760. The molecule has 6 nitrogen and oxygen atoms in total. The Morgan fingerprint density at radius 2 is 2.22 bits per heavy atom. The molecule has 1 saturated heterocycles. The van der Waals surface area contributed by atoms with Crippen LogP contribution in [0.2, 0.25) is 5.28 Å². The lowest BCUT2D eigenvalue weighted by atomic mass is 9.81. The lowest BCUT2D eigenvalue weighted by molar-refractivity contribution is 0.0985. The number of ether oxygens (including phenoxy) is 1. The van der Waals surface area contributed by atoms with Gasteiger partial charge < -0.3 is 9.64 Å². The van der Waals surface area contributed by atoms with Crippen molar-refractivity contribution >= 4 is 27.1 Å². The van der Waals surface area contributed by atoms with Crippen molar-refractivity contribution < 1.29 is 8.95 Å². The molecule has 1 saturated carbocycles. The zero-order valence-electron chi connectivity index (χ0n) is 13.8. The molecular formula is C15H23ClN4O2S. The van der Waals surface area contributed by atoms with Crippen LogP contribution in [0.3, 0.4) is 0 Å². The van der Waals surface area contributed by atoms with E-state index >= 15 is 0 Å². The molecule has 1 aliphatic heterocycles. The Bertz CT molecular complexity index is 713. The average molecular weight is 359 g/mol. The van der Waals surface area contributed by atoms with Crippen LogP contribution in [-0.2, 0) is 19.2 Å². The summed E-state index contributed by atoms with van der Waals surface area (Å²) in [7, 11) is -0.750. The summed E-state index contributed by atoms with van der Waals surface area (Å²) in [6, 6.07) is 2.17. The molecule has 128 valence electrons. The molecule has 0 N–H and O–H groups in total. The van der Waals surface area contributed by atoms with Crippen molar-refractivity contribution in [2.24, 2.45) is 4.36 Å². The van der Waals surface area contributed by atoms with Crippen molar-refractivity contribution in [2.75, 3.05) is 38.0 Å². The van der Waals surface area contributed by atoms with E-state index in [1.807, 2.05) is 6.07 Å². The third-order valence-corrected chi connectivity index (χ3v) is 7.98. The van der Waals surface area contributed by atoms with Gasteiger partial charge in [0.1, 0.15) is 5.82 Å². The first-order valence-corrected chi connectivity index (χ1v) is 10.2. The van der Waals surface area contributed by atoms with Crippen LogP contribution < -0.4 is 4.90 Å². The van der Waals surface area contributed by atoms with Crippen LogP contribution in [0.15, 0.2) is 10.4 Å². The molecule has 3 rings (SSSR count). The first kappa shape index (κ1) is 16.9. The Labute approximate surface area is 142 Å². The normalized spacial score (nSPS) is 26.3. The van der Waals surface area contributed by atoms with Gasteiger partial charge in [0, 0.05) is 25.9 Å². The van der Waals surface area contributed by atoms with Gasteiger partial charge in [-0.25, -0.2) is 18.5 Å². The lowest BCUT2D eigenvalue weighted by Gasteiger charge is -2.42. The third-order valence-electron chi connectivity index (χ3n) is 5.05. The number of morpholine rings is 1. The molecule has 2 aliphatic rings. The van der Waals surface area contributed by atoms with Gasteiger partial charge in [-0.3, -0.25) is 0 Å². The Morgan fingerprint density at radius 1 is 1.48 bits per heavy atom. The van der Waals surface area contributed by atoms with Gasteiger partial charge in [-0.1, -0.05) is 0 Å². The van der Waals surface area contributed by atoms with E-state index < -0.39 is 14.5 Å². The van der Waals surface area contributed by atoms with Crippen LogP contribution in [-0.4, -0.2) is 53.3 Å². The number of anilines is 1. The summed E-state index contributed by atoms with van der Waals surface area (Å²) in [4.78, 5) is 11.0. The van der Waals surface area contributed by atoms with Gasteiger partial charge >= 0.3 is 0 Å². The van der Waals surface area contributed by atoms with E-state index in [-0.39, 0.29) is 11.3 Å². The van der Waals surface area contributed by atoms with Gasteiger partial charge in [0.15, 0.2) is 0 Å². The Kier molecular flexibility index (Phi) is 4.55. The quantitative estimate of drug-likeness (QED) is 0.776. The second-order valence-electron chi connectivity index (χ2n) is 6.33. The van der Waals surface area contributed by atoms with Crippen molar-refractivity contribution in [3.63, 3.8) is 0 Å².